The van der Waals surface area contributed by atoms with Crippen LogP contribution >= 0.6 is 34.5 Å². The van der Waals surface area contributed by atoms with Crippen LogP contribution in [-0.2, 0) is 4.79 Å². The number of halogens is 2. The molecule has 1 aliphatic heterocycles. The number of hydrogen-bond acceptors (Lipinski definition) is 6. The van der Waals surface area contributed by atoms with Crippen LogP contribution in [0.1, 0.15) is 29.6 Å². The lowest BCUT2D eigenvalue weighted by Gasteiger charge is -2.14. The maximum atomic E-state index is 12.2. The Hall–Kier alpha value is -1.90. The summed E-state index contributed by atoms with van der Waals surface area (Å²) < 4.78 is 0. The lowest BCUT2D eigenvalue weighted by Crippen LogP contribution is -2.26. The summed E-state index contributed by atoms with van der Waals surface area (Å²) in [6.07, 6.45) is 2.44. The van der Waals surface area contributed by atoms with Crippen LogP contribution in [0.2, 0.25) is 10.0 Å². The summed E-state index contributed by atoms with van der Waals surface area (Å²) in [5.74, 6) is -0.105. The van der Waals surface area contributed by atoms with E-state index in [4.69, 9.17) is 23.2 Å². The van der Waals surface area contributed by atoms with Crippen LogP contribution < -0.4 is 10.6 Å². The predicted molar refractivity (Wildman–Crippen MR) is 103 cm³/mol. The number of amides is 2. The molecular weight excluding hydrogens is 397 g/mol. The fourth-order valence-electron chi connectivity index (χ4n) is 2.56. The van der Waals surface area contributed by atoms with Gasteiger partial charge in [-0.3, -0.25) is 14.9 Å². The minimum absolute atomic E-state index is 0.230. The van der Waals surface area contributed by atoms with Gasteiger partial charge in [0.05, 0.1) is 10.0 Å². The van der Waals surface area contributed by atoms with Crippen LogP contribution in [-0.4, -0.2) is 46.5 Å². The molecule has 2 aromatic rings. The van der Waals surface area contributed by atoms with Crippen molar-refractivity contribution in [1.82, 2.24) is 15.1 Å². The van der Waals surface area contributed by atoms with Gasteiger partial charge in [0, 0.05) is 31.6 Å². The van der Waals surface area contributed by atoms with E-state index in [-0.39, 0.29) is 11.8 Å². The molecule has 10 heteroatoms. The Labute approximate surface area is 164 Å². The standard InChI is InChI=1S/C16H17Cl2N5O2S/c17-11-5-4-10(9-12(11)18)14(25)20-16-22-21-15(26-16)19-6-2-8-23-7-1-3-13(23)24/h4-5,9H,1-3,6-8H2,(H,19,21)(H,20,22,25). The number of hydrogen-bond donors (Lipinski definition) is 2. The van der Waals surface area contributed by atoms with Gasteiger partial charge in [0.25, 0.3) is 5.91 Å². The lowest BCUT2D eigenvalue weighted by atomic mass is 10.2. The Balaban J connectivity index is 1.46. The molecule has 0 unspecified atom stereocenters. The van der Waals surface area contributed by atoms with Crippen molar-refractivity contribution < 1.29 is 9.59 Å². The van der Waals surface area contributed by atoms with Crippen LogP contribution in [0, 0.1) is 0 Å². The number of carbonyl (C=O) groups is 2. The van der Waals surface area contributed by atoms with Gasteiger partial charge in [0.2, 0.25) is 16.2 Å². The predicted octanol–water partition coefficient (Wildman–Crippen LogP) is 3.52. The zero-order chi connectivity index (χ0) is 18.5. The molecule has 7 nitrogen and oxygen atoms in total. The second-order valence-electron chi connectivity index (χ2n) is 5.76. The Morgan fingerprint density at radius 3 is 2.77 bits per heavy atom. The van der Waals surface area contributed by atoms with Crippen molar-refractivity contribution in [2.24, 2.45) is 0 Å². The van der Waals surface area contributed by atoms with E-state index in [1.54, 1.807) is 12.1 Å². The van der Waals surface area contributed by atoms with E-state index in [9.17, 15) is 9.59 Å². The number of rotatable bonds is 7. The fourth-order valence-corrected chi connectivity index (χ4v) is 3.52. The van der Waals surface area contributed by atoms with Crippen LogP contribution in [0.4, 0.5) is 10.3 Å². The molecule has 1 aromatic carbocycles. The van der Waals surface area contributed by atoms with Crippen molar-refractivity contribution in [1.29, 1.82) is 0 Å². The fraction of sp³-hybridized carbons (Fsp3) is 0.375. The quantitative estimate of drug-likeness (QED) is 0.677. The van der Waals surface area contributed by atoms with Crippen molar-refractivity contribution >= 4 is 56.6 Å². The van der Waals surface area contributed by atoms with Crippen LogP contribution in [0.25, 0.3) is 0 Å². The maximum Gasteiger partial charge on any atom is 0.257 e. The average Bonchev–Trinajstić information content (AvgIpc) is 3.23. The Morgan fingerprint density at radius 2 is 2.04 bits per heavy atom. The van der Waals surface area contributed by atoms with Gasteiger partial charge < -0.3 is 10.2 Å². The van der Waals surface area contributed by atoms with Gasteiger partial charge in [-0.2, -0.15) is 0 Å². The number of anilines is 2. The highest BCUT2D eigenvalue weighted by atomic mass is 35.5. The second-order valence-corrected chi connectivity index (χ2v) is 7.55. The van der Waals surface area contributed by atoms with E-state index in [2.05, 4.69) is 20.8 Å². The number of nitrogens with zero attached hydrogens (tertiary/aromatic N) is 3. The van der Waals surface area contributed by atoms with Gasteiger partial charge in [-0.15, -0.1) is 10.2 Å². The van der Waals surface area contributed by atoms with E-state index in [1.807, 2.05) is 4.90 Å². The van der Waals surface area contributed by atoms with Crippen LogP contribution in [0.3, 0.4) is 0 Å². The number of aromatic nitrogens is 2. The molecule has 1 saturated heterocycles. The summed E-state index contributed by atoms with van der Waals surface area (Å²) in [5, 5.41) is 15.5. The minimum Gasteiger partial charge on any atom is -0.360 e. The van der Waals surface area contributed by atoms with Gasteiger partial charge in [-0.25, -0.2) is 0 Å². The molecule has 0 radical (unpaired) electrons. The highest BCUT2D eigenvalue weighted by Crippen LogP contribution is 2.24. The van der Waals surface area contributed by atoms with E-state index in [1.165, 1.54) is 17.4 Å². The first kappa shape index (κ1) is 18.9. The average molecular weight is 414 g/mol. The zero-order valence-electron chi connectivity index (χ0n) is 13.8. The molecular formula is C16H17Cl2N5O2S. The molecule has 138 valence electrons. The Morgan fingerprint density at radius 1 is 1.23 bits per heavy atom. The van der Waals surface area contributed by atoms with Gasteiger partial charge >= 0.3 is 0 Å². The van der Waals surface area contributed by atoms with E-state index < -0.39 is 0 Å². The van der Waals surface area contributed by atoms with Crippen molar-refractivity contribution in [2.75, 3.05) is 30.3 Å². The molecule has 2 amide bonds. The highest BCUT2D eigenvalue weighted by Gasteiger charge is 2.19. The topological polar surface area (TPSA) is 87.2 Å². The Kier molecular flexibility index (Phi) is 6.29. The first-order valence-electron chi connectivity index (χ1n) is 8.14. The zero-order valence-corrected chi connectivity index (χ0v) is 16.1. The minimum atomic E-state index is -0.334. The monoisotopic (exact) mass is 413 g/mol. The normalized spacial score (nSPS) is 13.9. The molecule has 0 spiro atoms. The van der Waals surface area contributed by atoms with Crippen LogP contribution in [0.15, 0.2) is 18.2 Å². The number of likely N-dealkylation sites (tertiary alicyclic amines) is 1. The van der Waals surface area contributed by atoms with Gasteiger partial charge in [0.1, 0.15) is 0 Å². The lowest BCUT2D eigenvalue weighted by molar-refractivity contribution is -0.127. The molecule has 0 saturated carbocycles. The molecule has 1 fully saturated rings. The van der Waals surface area contributed by atoms with E-state index >= 15 is 0 Å². The molecule has 3 rings (SSSR count). The summed E-state index contributed by atoms with van der Waals surface area (Å²) in [7, 11) is 0. The number of nitrogens with one attached hydrogen (secondary N) is 2. The molecule has 0 atom stereocenters. The van der Waals surface area contributed by atoms with Gasteiger partial charge in [-0.1, -0.05) is 34.5 Å². The molecule has 26 heavy (non-hydrogen) atoms. The number of carbonyl (C=O) groups excluding carboxylic acids is 2. The summed E-state index contributed by atoms with van der Waals surface area (Å²) in [5.41, 5.74) is 0.388. The van der Waals surface area contributed by atoms with Gasteiger partial charge in [-0.05, 0) is 31.0 Å². The molecule has 0 bridgehead atoms. The van der Waals surface area contributed by atoms with Crippen LogP contribution in [0.5, 0.6) is 0 Å². The van der Waals surface area contributed by atoms with Gasteiger partial charge in [0.15, 0.2) is 0 Å². The number of benzene rings is 1. The third kappa shape index (κ3) is 4.84. The SMILES string of the molecule is O=C(Nc1nnc(NCCCN2CCCC2=O)s1)c1ccc(Cl)c(Cl)c1. The second kappa shape index (κ2) is 8.66. The molecule has 0 aliphatic carbocycles. The van der Waals surface area contributed by atoms with Crippen molar-refractivity contribution in [3.63, 3.8) is 0 Å². The van der Waals surface area contributed by atoms with E-state index in [0.717, 1.165) is 25.9 Å². The molecule has 2 heterocycles. The highest BCUT2D eigenvalue weighted by molar-refractivity contribution is 7.19. The molecule has 1 aromatic heterocycles. The largest absolute Gasteiger partial charge is 0.360 e. The smallest absolute Gasteiger partial charge is 0.257 e. The summed E-state index contributed by atoms with van der Waals surface area (Å²) in [6, 6.07) is 4.65. The molecule has 1 aliphatic rings. The van der Waals surface area contributed by atoms with Crippen molar-refractivity contribution in [3.05, 3.63) is 33.8 Å². The first-order chi connectivity index (χ1) is 12.5. The van der Waals surface area contributed by atoms with E-state index in [0.29, 0.717) is 38.8 Å². The van der Waals surface area contributed by atoms with Crippen molar-refractivity contribution in [2.45, 2.75) is 19.3 Å². The summed E-state index contributed by atoms with van der Waals surface area (Å²) >= 11 is 13.0. The third-order valence-electron chi connectivity index (χ3n) is 3.88. The Bertz CT molecular complexity index is 814. The summed E-state index contributed by atoms with van der Waals surface area (Å²) in [6.45, 7) is 2.27. The van der Waals surface area contributed by atoms with Crippen molar-refractivity contribution in [3.8, 4) is 0 Å². The molecule has 2 N–H and O–H groups in total. The first-order valence-corrected chi connectivity index (χ1v) is 9.72. The third-order valence-corrected chi connectivity index (χ3v) is 5.42. The maximum absolute atomic E-state index is 12.2. The summed E-state index contributed by atoms with van der Waals surface area (Å²) in [4.78, 5) is 25.6.